The van der Waals surface area contributed by atoms with Gasteiger partial charge in [0, 0.05) is 33.5 Å². The molecule has 0 fully saturated rings. The fraction of sp³-hybridized carbons (Fsp3) is 0.0137. The number of para-hydroxylation sites is 2. The Labute approximate surface area is 435 Å². The maximum atomic E-state index is 2.47. The maximum absolute atomic E-state index is 2.47. The Kier molecular flexibility index (Phi) is 8.99. The lowest BCUT2D eigenvalue weighted by Crippen LogP contribution is -2.25. The Bertz CT molecular complexity index is 4570. The number of hydrogen-bond acceptors (Lipinski definition) is 1. The van der Waals surface area contributed by atoms with E-state index >= 15 is 0 Å². The largest absolute Gasteiger partial charge is 0.310 e. The molecule has 0 unspecified atom stereocenters. The smallest absolute Gasteiger partial charge is 0.0725 e. The van der Waals surface area contributed by atoms with Crippen molar-refractivity contribution in [2.45, 2.75) is 5.41 Å². The molecule has 2 aliphatic carbocycles. The predicted octanol–water partition coefficient (Wildman–Crippen LogP) is 19.4. The Morgan fingerprint density at radius 3 is 1.36 bits per heavy atom. The molecule has 13 aromatic carbocycles. The topological polar surface area (TPSA) is 8.17 Å². The van der Waals surface area contributed by atoms with E-state index < -0.39 is 5.41 Å². The third-order valence-electron chi connectivity index (χ3n) is 16.6. The fourth-order valence-electron chi connectivity index (χ4n) is 13.4. The quantitative estimate of drug-likeness (QED) is 0.151. The van der Waals surface area contributed by atoms with Gasteiger partial charge < -0.3 is 9.47 Å². The maximum Gasteiger partial charge on any atom is 0.0725 e. The van der Waals surface area contributed by atoms with Crippen molar-refractivity contribution in [3.8, 4) is 50.2 Å². The third-order valence-corrected chi connectivity index (χ3v) is 16.6. The standard InChI is InChI=1S/C73H46N2/c1-2-19-51(20-3-1)75-71-32-15-11-28-63(71)66-44-50(35-42-72(66)75)49-18-16-17-48(43-49)47-33-36-52(37-34-47)74(53-38-40-59-57-23-5-4-21-55(57)56-22-6-7-24-58(56)64(59)45-53)54-39-41-70-65(46-54)62-27-10-14-31-69(62)73(70)67-29-12-8-25-60(67)61-26-9-13-30-68(61)73/h1-46H. The van der Waals surface area contributed by atoms with Crippen molar-refractivity contribution in [1.82, 2.24) is 4.57 Å². The molecule has 2 heteroatoms. The molecular formula is C73H46N2. The van der Waals surface area contributed by atoms with Gasteiger partial charge in [-0.1, -0.05) is 206 Å². The van der Waals surface area contributed by atoms with Gasteiger partial charge in [-0.3, -0.25) is 0 Å². The van der Waals surface area contributed by atoms with Crippen LogP contribution in [0, 0.1) is 0 Å². The van der Waals surface area contributed by atoms with Crippen LogP contribution >= 0.6 is 0 Å². The first kappa shape index (κ1) is 41.8. The van der Waals surface area contributed by atoms with Gasteiger partial charge in [-0.05, 0) is 172 Å². The first-order valence-electron chi connectivity index (χ1n) is 26.1. The highest BCUT2D eigenvalue weighted by atomic mass is 15.1. The SMILES string of the molecule is c1ccc(-n2c3ccccc3c3cc(-c4cccc(-c5ccc(N(c6ccc7c(c6)-c6ccccc6C76c7ccccc7-c7ccccc76)c6ccc7c8ccccc8c8ccccc8c7c6)cc5)c4)ccc32)cc1. The number of hydrogen-bond donors (Lipinski definition) is 0. The highest BCUT2D eigenvalue weighted by molar-refractivity contribution is 6.26. The molecular weight excluding hydrogens is 905 g/mol. The molecule has 0 atom stereocenters. The number of aromatic nitrogens is 1. The summed E-state index contributed by atoms with van der Waals surface area (Å²) in [5.74, 6) is 0. The Hall–Kier alpha value is -9.76. The van der Waals surface area contributed by atoms with Gasteiger partial charge in [0.15, 0.2) is 0 Å². The second-order valence-electron chi connectivity index (χ2n) is 20.3. The molecule has 0 radical (unpaired) electrons. The van der Waals surface area contributed by atoms with Gasteiger partial charge >= 0.3 is 0 Å². The summed E-state index contributed by atoms with van der Waals surface area (Å²) < 4.78 is 2.38. The number of anilines is 3. The van der Waals surface area contributed by atoms with Crippen molar-refractivity contribution in [2.75, 3.05) is 4.90 Å². The molecule has 1 heterocycles. The Morgan fingerprint density at radius 2 is 0.693 bits per heavy atom. The zero-order chi connectivity index (χ0) is 49.2. The van der Waals surface area contributed by atoms with Gasteiger partial charge in [0.05, 0.1) is 16.4 Å². The Morgan fingerprint density at radius 1 is 0.240 bits per heavy atom. The van der Waals surface area contributed by atoms with Crippen molar-refractivity contribution in [1.29, 1.82) is 0 Å². The first-order valence-corrected chi connectivity index (χ1v) is 26.1. The minimum Gasteiger partial charge on any atom is -0.310 e. The molecule has 0 N–H and O–H groups in total. The second-order valence-corrected chi connectivity index (χ2v) is 20.3. The summed E-state index contributed by atoms with van der Waals surface area (Å²) in [6.07, 6.45) is 0. The van der Waals surface area contributed by atoms with Crippen LogP contribution in [-0.4, -0.2) is 4.57 Å². The van der Waals surface area contributed by atoms with Gasteiger partial charge in [0.1, 0.15) is 0 Å². The molecule has 0 amide bonds. The summed E-state index contributed by atoms with van der Waals surface area (Å²) in [6.45, 7) is 0. The molecule has 75 heavy (non-hydrogen) atoms. The van der Waals surface area contributed by atoms with E-state index in [4.69, 9.17) is 0 Å². The van der Waals surface area contributed by atoms with E-state index in [9.17, 15) is 0 Å². The monoisotopic (exact) mass is 950 g/mol. The normalized spacial score (nSPS) is 12.9. The van der Waals surface area contributed by atoms with E-state index in [1.165, 1.54) is 127 Å². The molecule has 0 saturated heterocycles. The molecule has 1 aromatic heterocycles. The van der Waals surface area contributed by atoms with Crippen LogP contribution in [0.5, 0.6) is 0 Å². The third kappa shape index (κ3) is 6.02. The molecule has 16 rings (SSSR count). The minimum atomic E-state index is -0.408. The predicted molar refractivity (Wildman–Crippen MR) is 315 cm³/mol. The van der Waals surface area contributed by atoms with Crippen molar-refractivity contribution in [3.63, 3.8) is 0 Å². The molecule has 2 nitrogen and oxygen atoms in total. The molecule has 0 saturated carbocycles. The van der Waals surface area contributed by atoms with Crippen LogP contribution in [0.15, 0.2) is 279 Å². The van der Waals surface area contributed by atoms with Crippen molar-refractivity contribution in [2.24, 2.45) is 0 Å². The first-order chi connectivity index (χ1) is 37.2. The summed E-state index contributed by atoms with van der Waals surface area (Å²) in [6, 6.07) is 104. The highest BCUT2D eigenvalue weighted by Crippen LogP contribution is 2.63. The van der Waals surface area contributed by atoms with Gasteiger partial charge in [0.25, 0.3) is 0 Å². The van der Waals surface area contributed by atoms with Crippen LogP contribution < -0.4 is 4.90 Å². The summed E-state index contributed by atoms with van der Waals surface area (Å²) in [7, 11) is 0. The van der Waals surface area contributed by atoms with E-state index in [0.717, 1.165) is 17.1 Å². The van der Waals surface area contributed by atoms with Crippen LogP contribution in [0.3, 0.4) is 0 Å². The lowest BCUT2D eigenvalue weighted by Gasteiger charge is -2.31. The van der Waals surface area contributed by atoms with E-state index in [1.54, 1.807) is 0 Å². The van der Waals surface area contributed by atoms with Crippen LogP contribution in [0.25, 0.3) is 104 Å². The lowest BCUT2D eigenvalue weighted by atomic mass is 9.70. The van der Waals surface area contributed by atoms with Crippen molar-refractivity contribution >= 4 is 71.2 Å². The summed E-state index contributed by atoms with van der Waals surface area (Å²) in [4.78, 5) is 2.47. The summed E-state index contributed by atoms with van der Waals surface area (Å²) >= 11 is 0. The lowest BCUT2D eigenvalue weighted by molar-refractivity contribution is 0.794. The van der Waals surface area contributed by atoms with Gasteiger partial charge in [-0.2, -0.15) is 0 Å². The van der Waals surface area contributed by atoms with E-state index in [2.05, 4.69) is 289 Å². The molecule has 0 bridgehead atoms. The van der Waals surface area contributed by atoms with Crippen molar-refractivity contribution in [3.05, 3.63) is 301 Å². The van der Waals surface area contributed by atoms with Crippen LogP contribution in [-0.2, 0) is 5.41 Å². The zero-order valence-electron chi connectivity index (χ0n) is 41.0. The van der Waals surface area contributed by atoms with Gasteiger partial charge in [-0.15, -0.1) is 0 Å². The Balaban J connectivity index is 0.847. The highest BCUT2D eigenvalue weighted by Gasteiger charge is 2.51. The van der Waals surface area contributed by atoms with Crippen LogP contribution in [0.4, 0.5) is 17.1 Å². The van der Waals surface area contributed by atoms with E-state index in [-0.39, 0.29) is 0 Å². The average molecular weight is 951 g/mol. The number of rotatable bonds is 6. The summed E-state index contributed by atoms with van der Waals surface area (Å²) in [5, 5.41) is 10.1. The van der Waals surface area contributed by atoms with Crippen LogP contribution in [0.2, 0.25) is 0 Å². The zero-order valence-corrected chi connectivity index (χ0v) is 41.0. The molecule has 14 aromatic rings. The molecule has 348 valence electrons. The summed E-state index contributed by atoms with van der Waals surface area (Å²) in [5.41, 5.74) is 21.8. The second kappa shape index (κ2) is 16.1. The number of benzene rings is 13. The van der Waals surface area contributed by atoms with Crippen LogP contribution in [0.1, 0.15) is 22.3 Å². The fourth-order valence-corrected chi connectivity index (χ4v) is 13.4. The van der Waals surface area contributed by atoms with Gasteiger partial charge in [0.2, 0.25) is 0 Å². The van der Waals surface area contributed by atoms with E-state index in [1.807, 2.05) is 0 Å². The number of fused-ring (bicyclic) bond motifs is 19. The minimum absolute atomic E-state index is 0.408. The molecule has 2 aliphatic rings. The average Bonchev–Trinajstić information content (AvgIpc) is 4.26. The molecule has 0 aliphatic heterocycles. The number of nitrogens with zero attached hydrogens (tertiary/aromatic N) is 2. The van der Waals surface area contributed by atoms with Gasteiger partial charge in [-0.25, -0.2) is 0 Å². The van der Waals surface area contributed by atoms with E-state index in [0.29, 0.717) is 0 Å². The van der Waals surface area contributed by atoms with Crippen molar-refractivity contribution < 1.29 is 0 Å². The molecule has 1 spiro atoms.